The molecule has 0 saturated carbocycles. The zero-order valence-electron chi connectivity index (χ0n) is 18.4. The fourth-order valence-electron chi connectivity index (χ4n) is 3.38. The van der Waals surface area contributed by atoms with Gasteiger partial charge in [0.1, 0.15) is 11.4 Å². The number of hydrogen-bond acceptors (Lipinski definition) is 5. The summed E-state index contributed by atoms with van der Waals surface area (Å²) in [5.74, 6) is -0.861. The monoisotopic (exact) mass is 461 g/mol. The predicted octanol–water partition coefficient (Wildman–Crippen LogP) is 4.35. The number of halogens is 1. The second kappa shape index (κ2) is 10.1. The first-order valence-electron chi connectivity index (χ1n) is 10.5. The van der Waals surface area contributed by atoms with Gasteiger partial charge in [-0.15, -0.1) is 11.3 Å². The second-order valence-electron chi connectivity index (χ2n) is 8.79. The normalized spacial score (nSPS) is 14.7. The molecular formula is C23H28FN3O4S. The van der Waals surface area contributed by atoms with Crippen LogP contribution in [0.3, 0.4) is 0 Å². The first kappa shape index (κ1) is 23.7. The molecule has 0 unspecified atom stereocenters. The van der Waals surface area contributed by atoms with Crippen molar-refractivity contribution in [1.82, 2.24) is 15.8 Å². The zero-order valence-corrected chi connectivity index (χ0v) is 19.3. The molecule has 3 amide bonds. The molecule has 1 aliphatic rings. The van der Waals surface area contributed by atoms with Crippen molar-refractivity contribution in [3.05, 3.63) is 47.1 Å². The lowest BCUT2D eigenvalue weighted by molar-refractivity contribution is -0.123. The number of piperidine rings is 1. The van der Waals surface area contributed by atoms with Crippen molar-refractivity contribution in [3.63, 3.8) is 0 Å². The van der Waals surface area contributed by atoms with Gasteiger partial charge in [0.2, 0.25) is 5.91 Å². The standard InChI is InChI=1S/C23H28FN3O4S/c1-23(2,3)31-22(30)27-12-10-15(11-13-27)14-20(28)25-26-21(29)19-9-8-18(32-19)16-4-6-17(24)7-5-16/h4-9,15H,10-14H2,1-3H3,(H,25,28)(H,26,29). The molecule has 2 aromatic rings. The SMILES string of the molecule is CC(C)(C)OC(=O)N1CCC(CC(=O)NNC(=O)c2ccc(-c3ccc(F)cc3)s2)CC1. The summed E-state index contributed by atoms with van der Waals surface area (Å²) in [5.41, 5.74) is 5.19. The minimum Gasteiger partial charge on any atom is -0.444 e. The van der Waals surface area contributed by atoms with Crippen LogP contribution in [0.25, 0.3) is 10.4 Å². The van der Waals surface area contributed by atoms with Crippen LogP contribution in [0, 0.1) is 11.7 Å². The molecule has 1 aliphatic heterocycles. The first-order valence-corrected chi connectivity index (χ1v) is 11.4. The summed E-state index contributed by atoms with van der Waals surface area (Å²) < 4.78 is 18.4. The van der Waals surface area contributed by atoms with Gasteiger partial charge in [0.15, 0.2) is 0 Å². The third kappa shape index (κ3) is 6.78. The number of ether oxygens (including phenoxy) is 1. The number of rotatable bonds is 4. The smallest absolute Gasteiger partial charge is 0.410 e. The maximum atomic E-state index is 13.1. The molecule has 0 atom stereocenters. The Morgan fingerprint density at radius 1 is 1.06 bits per heavy atom. The Hall–Kier alpha value is -2.94. The number of nitrogens with zero attached hydrogens (tertiary/aromatic N) is 1. The molecule has 0 radical (unpaired) electrons. The minimum atomic E-state index is -0.533. The van der Waals surface area contributed by atoms with Gasteiger partial charge in [0.05, 0.1) is 4.88 Å². The van der Waals surface area contributed by atoms with Gasteiger partial charge in [-0.2, -0.15) is 0 Å². The highest BCUT2D eigenvalue weighted by Crippen LogP contribution is 2.28. The molecule has 2 N–H and O–H groups in total. The van der Waals surface area contributed by atoms with E-state index in [1.807, 2.05) is 20.8 Å². The van der Waals surface area contributed by atoms with Crippen LogP contribution in [0.4, 0.5) is 9.18 Å². The quantitative estimate of drug-likeness (QED) is 0.663. The molecule has 1 aromatic carbocycles. The van der Waals surface area contributed by atoms with E-state index in [1.54, 1.807) is 29.2 Å². The van der Waals surface area contributed by atoms with Crippen LogP contribution in [0.1, 0.15) is 49.7 Å². The van der Waals surface area contributed by atoms with E-state index in [0.29, 0.717) is 30.8 Å². The maximum absolute atomic E-state index is 13.1. The van der Waals surface area contributed by atoms with Crippen LogP contribution in [-0.4, -0.2) is 41.5 Å². The molecule has 172 valence electrons. The van der Waals surface area contributed by atoms with Crippen LogP contribution >= 0.6 is 11.3 Å². The van der Waals surface area contributed by atoms with Gasteiger partial charge in [-0.25, -0.2) is 9.18 Å². The lowest BCUT2D eigenvalue weighted by Crippen LogP contribution is -2.44. The van der Waals surface area contributed by atoms with Gasteiger partial charge >= 0.3 is 6.09 Å². The number of amides is 3. The summed E-state index contributed by atoms with van der Waals surface area (Å²) in [4.78, 5) is 39.6. The highest BCUT2D eigenvalue weighted by molar-refractivity contribution is 7.17. The molecule has 32 heavy (non-hydrogen) atoms. The van der Waals surface area contributed by atoms with Gasteiger partial charge in [-0.3, -0.25) is 20.4 Å². The Kier molecular flexibility index (Phi) is 7.50. The van der Waals surface area contributed by atoms with Gasteiger partial charge in [-0.1, -0.05) is 12.1 Å². The number of likely N-dealkylation sites (tertiary alicyclic amines) is 1. The molecular weight excluding hydrogens is 433 g/mol. The summed E-state index contributed by atoms with van der Waals surface area (Å²) >= 11 is 1.26. The van der Waals surface area contributed by atoms with Crippen molar-refractivity contribution in [2.45, 2.75) is 45.6 Å². The fraction of sp³-hybridized carbons (Fsp3) is 0.435. The minimum absolute atomic E-state index is 0.136. The highest BCUT2D eigenvalue weighted by Gasteiger charge is 2.27. The molecule has 7 nitrogen and oxygen atoms in total. The lowest BCUT2D eigenvalue weighted by Gasteiger charge is -2.33. The van der Waals surface area contributed by atoms with E-state index >= 15 is 0 Å². The van der Waals surface area contributed by atoms with Crippen LogP contribution in [0.15, 0.2) is 36.4 Å². The lowest BCUT2D eigenvalue weighted by atomic mass is 9.93. The summed E-state index contributed by atoms with van der Waals surface area (Å²) in [6.07, 6.45) is 1.34. The van der Waals surface area contributed by atoms with Crippen molar-refractivity contribution in [2.75, 3.05) is 13.1 Å². The van der Waals surface area contributed by atoms with E-state index in [2.05, 4.69) is 10.9 Å². The summed E-state index contributed by atoms with van der Waals surface area (Å²) in [6, 6.07) is 9.49. The molecule has 3 rings (SSSR count). The molecule has 0 aliphatic carbocycles. The molecule has 1 saturated heterocycles. The average Bonchev–Trinajstić information content (AvgIpc) is 3.22. The Bertz CT molecular complexity index is 960. The summed E-state index contributed by atoms with van der Waals surface area (Å²) in [7, 11) is 0. The molecule has 0 spiro atoms. The first-order chi connectivity index (χ1) is 15.1. The van der Waals surface area contributed by atoms with Gasteiger partial charge < -0.3 is 9.64 Å². The Morgan fingerprint density at radius 2 is 1.72 bits per heavy atom. The zero-order chi connectivity index (χ0) is 23.3. The average molecular weight is 462 g/mol. The third-order valence-electron chi connectivity index (χ3n) is 5.01. The van der Waals surface area contributed by atoms with Crippen molar-refractivity contribution in [3.8, 4) is 10.4 Å². The van der Waals surface area contributed by atoms with Crippen molar-refractivity contribution >= 4 is 29.2 Å². The molecule has 2 heterocycles. The number of carbonyl (C=O) groups excluding carboxylic acids is 3. The number of hydrazine groups is 1. The van der Waals surface area contributed by atoms with Crippen LogP contribution < -0.4 is 10.9 Å². The number of benzene rings is 1. The van der Waals surface area contributed by atoms with E-state index in [9.17, 15) is 18.8 Å². The van der Waals surface area contributed by atoms with E-state index in [-0.39, 0.29) is 30.2 Å². The Balaban J connectivity index is 1.41. The van der Waals surface area contributed by atoms with Gasteiger partial charge in [0, 0.05) is 24.4 Å². The van der Waals surface area contributed by atoms with E-state index < -0.39 is 11.5 Å². The second-order valence-corrected chi connectivity index (χ2v) is 9.87. The fourth-order valence-corrected chi connectivity index (χ4v) is 4.28. The third-order valence-corrected chi connectivity index (χ3v) is 6.15. The van der Waals surface area contributed by atoms with Crippen molar-refractivity contribution < 1.29 is 23.5 Å². The Morgan fingerprint density at radius 3 is 2.34 bits per heavy atom. The van der Waals surface area contributed by atoms with Gasteiger partial charge in [-0.05, 0) is 69.4 Å². The number of nitrogens with one attached hydrogen (secondary N) is 2. The maximum Gasteiger partial charge on any atom is 0.410 e. The Labute approximate surface area is 190 Å². The largest absolute Gasteiger partial charge is 0.444 e. The summed E-state index contributed by atoms with van der Waals surface area (Å²) in [6.45, 7) is 6.57. The van der Waals surface area contributed by atoms with E-state index in [0.717, 1.165) is 10.4 Å². The van der Waals surface area contributed by atoms with E-state index in [4.69, 9.17) is 4.74 Å². The predicted molar refractivity (Wildman–Crippen MR) is 120 cm³/mol. The molecule has 0 bridgehead atoms. The number of thiophene rings is 1. The molecule has 1 fully saturated rings. The van der Waals surface area contributed by atoms with Crippen molar-refractivity contribution in [1.29, 1.82) is 0 Å². The summed E-state index contributed by atoms with van der Waals surface area (Å²) in [5, 5.41) is 0. The topological polar surface area (TPSA) is 87.7 Å². The van der Waals surface area contributed by atoms with Crippen LogP contribution in [0.2, 0.25) is 0 Å². The van der Waals surface area contributed by atoms with Crippen molar-refractivity contribution in [2.24, 2.45) is 5.92 Å². The number of carbonyl (C=O) groups is 3. The van der Waals surface area contributed by atoms with Crippen LogP contribution in [0.5, 0.6) is 0 Å². The molecule has 1 aromatic heterocycles. The molecule has 9 heteroatoms. The highest BCUT2D eigenvalue weighted by atomic mass is 32.1. The van der Waals surface area contributed by atoms with E-state index in [1.165, 1.54) is 23.5 Å². The van der Waals surface area contributed by atoms with Crippen LogP contribution in [-0.2, 0) is 9.53 Å². The number of hydrogen-bond donors (Lipinski definition) is 2. The van der Waals surface area contributed by atoms with Gasteiger partial charge in [0.25, 0.3) is 5.91 Å².